The quantitative estimate of drug-likeness (QED) is 0.778. The number of methoxy groups -OCH3 is 1. The summed E-state index contributed by atoms with van der Waals surface area (Å²) < 4.78 is 5.24. The van der Waals surface area contributed by atoms with Gasteiger partial charge in [0.1, 0.15) is 5.75 Å². The van der Waals surface area contributed by atoms with E-state index in [2.05, 4.69) is 15.9 Å². The molecule has 1 aromatic rings. The molecule has 1 rings (SSSR count). The van der Waals surface area contributed by atoms with E-state index in [0.29, 0.717) is 18.3 Å². The third-order valence-corrected chi connectivity index (χ3v) is 2.73. The molecule has 0 radical (unpaired) electrons. The molecule has 0 aromatic heterocycles. The first kappa shape index (κ1) is 13.0. The zero-order valence-electron chi connectivity index (χ0n) is 9.57. The van der Waals surface area contributed by atoms with E-state index in [1.165, 1.54) is 0 Å². The first-order valence-corrected chi connectivity index (χ1v) is 6.23. The Kier molecular flexibility index (Phi) is 5.32. The van der Waals surface area contributed by atoms with Crippen LogP contribution in [0, 0.1) is 0 Å². The van der Waals surface area contributed by atoms with Crippen molar-refractivity contribution in [3.05, 3.63) is 29.8 Å². The van der Waals surface area contributed by atoms with E-state index in [0.717, 1.165) is 11.3 Å². The number of halogens is 1. The number of rotatable bonds is 5. The third-order valence-electron chi connectivity index (χ3n) is 2.33. The smallest absolute Gasteiger partial charge is 0.223 e. The molecule has 0 saturated carbocycles. The van der Waals surface area contributed by atoms with Crippen LogP contribution >= 0.6 is 15.9 Å². The summed E-state index contributed by atoms with van der Waals surface area (Å²) in [6.07, 6.45) is 0.519. The highest BCUT2D eigenvalue weighted by Crippen LogP contribution is 2.18. The lowest BCUT2D eigenvalue weighted by atomic mass is 10.2. The lowest BCUT2D eigenvalue weighted by molar-refractivity contribution is -0.129. The molecule has 4 heteroatoms. The molecule has 0 bridgehead atoms. The molecular weight excluding hydrogens is 270 g/mol. The number of amides is 1. The first-order valence-electron chi connectivity index (χ1n) is 5.11. The highest BCUT2D eigenvalue weighted by molar-refractivity contribution is 9.09. The summed E-state index contributed by atoms with van der Waals surface area (Å²) in [5, 5.41) is 0.697. The highest BCUT2D eigenvalue weighted by Gasteiger charge is 2.10. The van der Waals surface area contributed by atoms with Gasteiger partial charge < -0.3 is 9.64 Å². The van der Waals surface area contributed by atoms with E-state index in [4.69, 9.17) is 4.74 Å². The van der Waals surface area contributed by atoms with E-state index in [1.54, 1.807) is 19.1 Å². The van der Waals surface area contributed by atoms with Crippen molar-refractivity contribution in [1.82, 2.24) is 4.90 Å². The van der Waals surface area contributed by atoms with Crippen LogP contribution in [0.25, 0.3) is 0 Å². The summed E-state index contributed by atoms with van der Waals surface area (Å²) >= 11 is 3.26. The van der Waals surface area contributed by atoms with Crippen LogP contribution in [0.4, 0.5) is 0 Å². The van der Waals surface area contributed by atoms with Gasteiger partial charge in [-0.3, -0.25) is 4.79 Å². The second-order valence-electron chi connectivity index (χ2n) is 3.50. The Balaban J connectivity index is 2.68. The summed E-state index contributed by atoms with van der Waals surface area (Å²) in [5.74, 6) is 0.948. The number of ether oxygens (including phenoxy) is 1. The molecule has 0 unspecified atom stereocenters. The van der Waals surface area contributed by atoms with Gasteiger partial charge in [0, 0.05) is 30.9 Å². The zero-order chi connectivity index (χ0) is 12.0. The summed E-state index contributed by atoms with van der Waals surface area (Å²) in [7, 11) is 3.44. The normalized spacial score (nSPS) is 9.94. The van der Waals surface area contributed by atoms with Crippen LogP contribution in [0.3, 0.4) is 0 Å². The van der Waals surface area contributed by atoms with E-state index >= 15 is 0 Å². The standard InChI is InChI=1S/C12H16BrNO2/c1-14(12(15)7-8-13)9-10-5-3-4-6-11(10)16-2/h3-6H,7-9H2,1-2H3. The molecule has 88 valence electrons. The van der Waals surface area contributed by atoms with Crippen molar-refractivity contribution in [3.8, 4) is 5.75 Å². The molecule has 3 nitrogen and oxygen atoms in total. The van der Waals surface area contributed by atoms with Crippen molar-refractivity contribution in [3.63, 3.8) is 0 Å². The van der Waals surface area contributed by atoms with Crippen molar-refractivity contribution in [2.24, 2.45) is 0 Å². The van der Waals surface area contributed by atoms with Gasteiger partial charge in [-0.05, 0) is 6.07 Å². The number of carbonyl (C=O) groups is 1. The molecule has 0 aliphatic rings. The van der Waals surface area contributed by atoms with Crippen molar-refractivity contribution < 1.29 is 9.53 Å². The zero-order valence-corrected chi connectivity index (χ0v) is 11.2. The molecule has 1 amide bonds. The molecule has 16 heavy (non-hydrogen) atoms. The minimum Gasteiger partial charge on any atom is -0.496 e. The number of benzene rings is 1. The Morgan fingerprint density at radius 1 is 1.44 bits per heavy atom. The van der Waals surface area contributed by atoms with Crippen LogP contribution in [-0.4, -0.2) is 30.3 Å². The molecule has 0 spiro atoms. The number of nitrogens with zero attached hydrogens (tertiary/aromatic N) is 1. The minimum atomic E-state index is 0.128. The topological polar surface area (TPSA) is 29.5 Å². The van der Waals surface area contributed by atoms with Gasteiger partial charge in [0.25, 0.3) is 0 Å². The number of hydrogen-bond donors (Lipinski definition) is 0. The Bertz CT molecular complexity index is 355. The van der Waals surface area contributed by atoms with Gasteiger partial charge in [0.2, 0.25) is 5.91 Å². The monoisotopic (exact) mass is 285 g/mol. The number of para-hydroxylation sites is 1. The van der Waals surface area contributed by atoms with Crippen LogP contribution in [0.5, 0.6) is 5.75 Å². The van der Waals surface area contributed by atoms with Gasteiger partial charge >= 0.3 is 0 Å². The predicted molar refractivity (Wildman–Crippen MR) is 67.9 cm³/mol. The fraction of sp³-hybridized carbons (Fsp3) is 0.417. The second kappa shape index (κ2) is 6.53. The Morgan fingerprint density at radius 3 is 2.75 bits per heavy atom. The Morgan fingerprint density at radius 2 is 2.12 bits per heavy atom. The van der Waals surface area contributed by atoms with Crippen LogP contribution in [0.15, 0.2) is 24.3 Å². The lowest BCUT2D eigenvalue weighted by Gasteiger charge is -2.18. The average Bonchev–Trinajstić information content (AvgIpc) is 2.30. The van der Waals surface area contributed by atoms with E-state index < -0.39 is 0 Å². The highest BCUT2D eigenvalue weighted by atomic mass is 79.9. The molecule has 0 aliphatic carbocycles. The fourth-order valence-electron chi connectivity index (χ4n) is 1.45. The molecule has 1 aromatic carbocycles. The largest absolute Gasteiger partial charge is 0.496 e. The van der Waals surface area contributed by atoms with Crippen LogP contribution in [-0.2, 0) is 11.3 Å². The van der Waals surface area contributed by atoms with Crippen LogP contribution in [0.2, 0.25) is 0 Å². The Hall–Kier alpha value is -1.03. The molecule has 0 fully saturated rings. The molecule has 0 atom stereocenters. The van der Waals surface area contributed by atoms with E-state index in [9.17, 15) is 4.79 Å². The summed E-state index contributed by atoms with van der Waals surface area (Å²) in [4.78, 5) is 13.3. The maximum Gasteiger partial charge on any atom is 0.223 e. The fourth-order valence-corrected chi connectivity index (χ4v) is 1.79. The van der Waals surface area contributed by atoms with E-state index in [1.807, 2.05) is 24.3 Å². The van der Waals surface area contributed by atoms with Gasteiger partial charge in [-0.2, -0.15) is 0 Å². The summed E-state index contributed by atoms with van der Waals surface area (Å²) in [5.41, 5.74) is 1.02. The van der Waals surface area contributed by atoms with Gasteiger partial charge in [-0.15, -0.1) is 0 Å². The molecule has 0 heterocycles. The molecule has 0 saturated heterocycles. The third kappa shape index (κ3) is 3.52. The number of hydrogen-bond acceptors (Lipinski definition) is 2. The van der Waals surface area contributed by atoms with Crippen molar-refractivity contribution in [2.75, 3.05) is 19.5 Å². The lowest BCUT2D eigenvalue weighted by Crippen LogP contribution is -2.26. The summed E-state index contributed by atoms with van der Waals surface area (Å²) in [6, 6.07) is 7.73. The number of carbonyl (C=O) groups excluding carboxylic acids is 1. The maximum absolute atomic E-state index is 11.6. The number of alkyl halides is 1. The SMILES string of the molecule is COc1ccccc1CN(C)C(=O)CCBr. The minimum absolute atomic E-state index is 0.128. The van der Waals surface area contributed by atoms with Gasteiger partial charge in [-0.1, -0.05) is 34.1 Å². The van der Waals surface area contributed by atoms with Crippen LogP contribution in [0.1, 0.15) is 12.0 Å². The van der Waals surface area contributed by atoms with Crippen molar-refractivity contribution >= 4 is 21.8 Å². The maximum atomic E-state index is 11.6. The van der Waals surface area contributed by atoms with Gasteiger partial charge in [0.05, 0.1) is 7.11 Å². The molecule has 0 aliphatic heterocycles. The van der Waals surface area contributed by atoms with Crippen LogP contribution < -0.4 is 4.74 Å². The second-order valence-corrected chi connectivity index (χ2v) is 4.29. The van der Waals surface area contributed by atoms with Gasteiger partial charge in [-0.25, -0.2) is 0 Å². The molecular formula is C12H16BrNO2. The van der Waals surface area contributed by atoms with Crippen molar-refractivity contribution in [2.45, 2.75) is 13.0 Å². The predicted octanol–water partition coefficient (Wildman–Crippen LogP) is 2.44. The molecule has 0 N–H and O–H groups in total. The van der Waals surface area contributed by atoms with Crippen molar-refractivity contribution in [1.29, 1.82) is 0 Å². The Labute approximate surface area is 105 Å². The summed E-state index contributed by atoms with van der Waals surface area (Å²) in [6.45, 7) is 0.579. The van der Waals surface area contributed by atoms with Gasteiger partial charge in [0.15, 0.2) is 0 Å². The van der Waals surface area contributed by atoms with E-state index in [-0.39, 0.29) is 5.91 Å². The first-order chi connectivity index (χ1) is 7.69. The average molecular weight is 286 g/mol.